The van der Waals surface area contributed by atoms with Gasteiger partial charge in [0.15, 0.2) is 5.13 Å². The fourth-order valence-corrected chi connectivity index (χ4v) is 5.41. The molecule has 4 heterocycles. The van der Waals surface area contributed by atoms with Gasteiger partial charge in [-0.3, -0.25) is 14.5 Å². The number of carbonyl (C=O) groups is 2. The highest BCUT2D eigenvalue weighted by molar-refractivity contribution is 7.17. The van der Waals surface area contributed by atoms with Crippen molar-refractivity contribution in [3.8, 4) is 0 Å². The van der Waals surface area contributed by atoms with Crippen molar-refractivity contribution in [2.45, 2.75) is 44.6 Å². The summed E-state index contributed by atoms with van der Waals surface area (Å²) < 4.78 is 13.0. The molecule has 2 aliphatic heterocycles. The summed E-state index contributed by atoms with van der Waals surface area (Å²) >= 11 is 1.25. The number of halogens is 1. The highest BCUT2D eigenvalue weighted by Gasteiger charge is 2.46. The van der Waals surface area contributed by atoms with Crippen LogP contribution >= 0.6 is 11.3 Å². The third-order valence-electron chi connectivity index (χ3n) is 6.25. The minimum atomic E-state index is -0.652. The number of anilines is 2. The summed E-state index contributed by atoms with van der Waals surface area (Å²) in [7, 11) is 0. The van der Waals surface area contributed by atoms with Gasteiger partial charge in [-0.05, 0) is 57.8 Å². The number of piperidine rings is 2. The molecule has 2 aromatic rings. The van der Waals surface area contributed by atoms with Crippen LogP contribution in [-0.4, -0.2) is 63.3 Å². The van der Waals surface area contributed by atoms with E-state index in [1.54, 1.807) is 11.8 Å². The maximum absolute atomic E-state index is 13.2. The van der Waals surface area contributed by atoms with E-state index in [-0.39, 0.29) is 11.8 Å². The molecule has 0 spiro atoms. The number of likely N-dealkylation sites (tertiary alicyclic amines) is 2. The summed E-state index contributed by atoms with van der Waals surface area (Å²) in [6.07, 6.45) is 5.57. The van der Waals surface area contributed by atoms with Gasteiger partial charge in [-0.25, -0.2) is 14.4 Å². The van der Waals surface area contributed by atoms with Crippen molar-refractivity contribution < 1.29 is 14.0 Å². The van der Waals surface area contributed by atoms with Crippen molar-refractivity contribution in [3.05, 3.63) is 34.7 Å². The summed E-state index contributed by atoms with van der Waals surface area (Å²) in [5.74, 6) is -0.334. The van der Waals surface area contributed by atoms with E-state index >= 15 is 0 Å². The van der Waals surface area contributed by atoms with E-state index in [9.17, 15) is 14.0 Å². The van der Waals surface area contributed by atoms with Crippen LogP contribution in [0.4, 0.5) is 15.3 Å². The van der Waals surface area contributed by atoms with Gasteiger partial charge in [0.05, 0.1) is 11.9 Å². The normalized spacial score (nSPS) is 19.2. The number of aromatic nitrogens is 2. The average Bonchev–Trinajstić information content (AvgIpc) is 3.15. The summed E-state index contributed by atoms with van der Waals surface area (Å²) in [5, 5.41) is 3.54. The van der Waals surface area contributed by atoms with Crippen LogP contribution in [-0.2, 0) is 4.79 Å². The van der Waals surface area contributed by atoms with Gasteiger partial charge in [-0.2, -0.15) is 0 Å². The van der Waals surface area contributed by atoms with Gasteiger partial charge in [-0.1, -0.05) is 17.8 Å². The molecule has 0 radical (unpaired) electrons. The minimum Gasteiger partial charge on any atom is -0.368 e. The molecule has 0 bridgehead atoms. The Bertz CT molecular complexity index is 949. The standard InChI is InChI=1S/C21H27FN6O2S/c1-14-17(31-20(25-14)26-16-6-5-15(22)13-24-16)18(29)27-11-7-21(8-12-27,19(23)30)28-9-3-2-4-10-28/h5-6,13H,2-4,7-12H2,1H3,(H2,23,30)(H,24,25,26). The lowest BCUT2D eigenvalue weighted by Gasteiger charge is -2.48. The Kier molecular flexibility index (Phi) is 6.19. The Hall–Kier alpha value is -2.59. The van der Waals surface area contributed by atoms with E-state index in [2.05, 4.69) is 20.2 Å². The summed E-state index contributed by atoms with van der Waals surface area (Å²) in [6, 6.07) is 2.82. The lowest BCUT2D eigenvalue weighted by atomic mass is 9.83. The Morgan fingerprint density at radius 3 is 2.48 bits per heavy atom. The van der Waals surface area contributed by atoms with Crippen LogP contribution in [0.15, 0.2) is 18.3 Å². The zero-order valence-corrected chi connectivity index (χ0v) is 18.4. The first kappa shape index (κ1) is 21.6. The van der Waals surface area contributed by atoms with Gasteiger partial charge in [-0.15, -0.1) is 0 Å². The maximum Gasteiger partial charge on any atom is 0.265 e. The first-order valence-corrected chi connectivity index (χ1v) is 11.4. The number of pyridine rings is 1. The number of aryl methyl sites for hydroxylation is 1. The molecule has 0 atom stereocenters. The monoisotopic (exact) mass is 446 g/mol. The Labute approximate surface area is 184 Å². The molecular formula is C21H27FN6O2S. The van der Waals surface area contributed by atoms with E-state index in [4.69, 9.17) is 5.73 Å². The fraction of sp³-hybridized carbons (Fsp3) is 0.524. The number of hydrogen-bond donors (Lipinski definition) is 2. The summed E-state index contributed by atoms with van der Waals surface area (Å²) in [6.45, 7) is 4.53. The zero-order chi connectivity index (χ0) is 22.0. The van der Waals surface area contributed by atoms with Crippen molar-refractivity contribution in [1.29, 1.82) is 0 Å². The average molecular weight is 447 g/mol. The number of rotatable bonds is 5. The zero-order valence-electron chi connectivity index (χ0n) is 17.6. The van der Waals surface area contributed by atoms with Gasteiger partial charge in [0.25, 0.3) is 5.91 Å². The number of primary amides is 1. The topological polar surface area (TPSA) is 104 Å². The molecule has 4 rings (SSSR count). The molecule has 2 aromatic heterocycles. The van der Waals surface area contributed by atoms with E-state index < -0.39 is 11.4 Å². The molecule has 3 N–H and O–H groups in total. The minimum absolute atomic E-state index is 0.0909. The predicted molar refractivity (Wildman–Crippen MR) is 117 cm³/mol. The maximum atomic E-state index is 13.2. The molecule has 2 saturated heterocycles. The summed E-state index contributed by atoms with van der Waals surface area (Å²) in [4.78, 5) is 38.5. The number of nitrogens with zero attached hydrogens (tertiary/aromatic N) is 4. The molecular weight excluding hydrogens is 419 g/mol. The molecule has 31 heavy (non-hydrogen) atoms. The lowest BCUT2D eigenvalue weighted by Crippen LogP contribution is -2.63. The quantitative estimate of drug-likeness (QED) is 0.732. The van der Waals surface area contributed by atoms with Gasteiger partial charge >= 0.3 is 0 Å². The number of hydrogen-bond acceptors (Lipinski definition) is 7. The number of nitrogens with two attached hydrogens (primary N) is 1. The SMILES string of the molecule is Cc1nc(Nc2ccc(F)cn2)sc1C(=O)N1CCC(C(N)=O)(N2CCCCC2)CC1. The van der Waals surface area contributed by atoms with Crippen LogP contribution in [0, 0.1) is 12.7 Å². The van der Waals surface area contributed by atoms with Crippen LogP contribution in [0.2, 0.25) is 0 Å². The van der Waals surface area contributed by atoms with Crippen molar-refractivity contribution >= 4 is 34.1 Å². The molecule has 2 fully saturated rings. The van der Waals surface area contributed by atoms with Gasteiger partial charge < -0.3 is 16.0 Å². The van der Waals surface area contributed by atoms with E-state index in [1.807, 2.05) is 0 Å². The molecule has 0 unspecified atom stereocenters. The number of carbonyl (C=O) groups excluding carboxylic acids is 2. The molecule has 166 valence electrons. The van der Waals surface area contributed by atoms with Crippen molar-refractivity contribution in [2.75, 3.05) is 31.5 Å². The molecule has 0 saturated carbocycles. The second-order valence-corrected chi connectivity index (χ2v) is 9.16. The third kappa shape index (κ3) is 4.40. The first-order valence-electron chi connectivity index (χ1n) is 10.6. The smallest absolute Gasteiger partial charge is 0.265 e. The molecule has 2 amide bonds. The number of thiazole rings is 1. The molecule has 10 heteroatoms. The van der Waals surface area contributed by atoms with E-state index in [0.717, 1.165) is 32.1 Å². The second kappa shape index (κ2) is 8.88. The van der Waals surface area contributed by atoms with Crippen LogP contribution in [0.1, 0.15) is 47.5 Å². The third-order valence-corrected chi connectivity index (χ3v) is 7.31. The largest absolute Gasteiger partial charge is 0.368 e. The predicted octanol–water partition coefficient (Wildman–Crippen LogP) is 2.68. The van der Waals surface area contributed by atoms with E-state index in [0.29, 0.717) is 47.5 Å². The summed E-state index contributed by atoms with van der Waals surface area (Å²) in [5.41, 5.74) is 5.82. The molecule has 8 nitrogen and oxygen atoms in total. The lowest BCUT2D eigenvalue weighted by molar-refractivity contribution is -0.134. The van der Waals surface area contributed by atoms with E-state index in [1.165, 1.54) is 29.9 Å². The molecule has 0 aliphatic carbocycles. The van der Waals surface area contributed by atoms with Crippen LogP contribution in [0.3, 0.4) is 0 Å². The van der Waals surface area contributed by atoms with Gasteiger partial charge in [0.1, 0.15) is 22.1 Å². The Morgan fingerprint density at radius 2 is 1.87 bits per heavy atom. The second-order valence-electron chi connectivity index (χ2n) is 8.16. The number of nitrogens with one attached hydrogen (secondary N) is 1. The van der Waals surface area contributed by atoms with Gasteiger partial charge in [0.2, 0.25) is 5.91 Å². The number of amides is 2. The molecule has 2 aliphatic rings. The molecule has 0 aromatic carbocycles. The Balaban J connectivity index is 1.44. The van der Waals surface area contributed by atoms with Crippen molar-refractivity contribution in [1.82, 2.24) is 19.8 Å². The van der Waals surface area contributed by atoms with Crippen molar-refractivity contribution in [2.24, 2.45) is 5.73 Å². The highest BCUT2D eigenvalue weighted by Crippen LogP contribution is 2.33. The van der Waals surface area contributed by atoms with Crippen LogP contribution < -0.4 is 11.1 Å². The van der Waals surface area contributed by atoms with Crippen LogP contribution in [0.5, 0.6) is 0 Å². The first-order chi connectivity index (χ1) is 14.9. The van der Waals surface area contributed by atoms with Gasteiger partial charge in [0, 0.05) is 13.1 Å². The van der Waals surface area contributed by atoms with Crippen molar-refractivity contribution in [3.63, 3.8) is 0 Å². The van der Waals surface area contributed by atoms with Crippen LogP contribution in [0.25, 0.3) is 0 Å². The highest BCUT2D eigenvalue weighted by atomic mass is 32.1. The fourth-order valence-electron chi connectivity index (χ4n) is 4.47. The Morgan fingerprint density at radius 1 is 1.16 bits per heavy atom.